The first-order valence-electron chi connectivity index (χ1n) is 8.66. The maximum absolute atomic E-state index is 12.4. The van der Waals surface area contributed by atoms with Gasteiger partial charge in [0, 0.05) is 12.3 Å². The molecule has 0 aliphatic carbocycles. The molecule has 1 N–H and O–H groups in total. The molecule has 0 fully saturated rings. The second-order valence-electron chi connectivity index (χ2n) is 6.18. The lowest BCUT2D eigenvalue weighted by Gasteiger charge is -2.33. The predicted molar refractivity (Wildman–Crippen MR) is 98.5 cm³/mol. The monoisotopic (exact) mass is 367 g/mol. The van der Waals surface area contributed by atoms with Crippen molar-refractivity contribution in [3.63, 3.8) is 0 Å². The van der Waals surface area contributed by atoms with Crippen molar-refractivity contribution >= 4 is 11.9 Å². The molecule has 140 valence electrons. The average Bonchev–Trinajstić information content (AvgIpc) is 2.71. The minimum Gasteiger partial charge on any atom is -0.444 e. The van der Waals surface area contributed by atoms with E-state index in [1.54, 1.807) is 0 Å². The molecule has 27 heavy (non-hydrogen) atoms. The van der Waals surface area contributed by atoms with Gasteiger partial charge < -0.3 is 14.6 Å². The number of nitrogens with zero attached hydrogens (tertiary/aromatic N) is 1. The van der Waals surface area contributed by atoms with E-state index in [-0.39, 0.29) is 13.2 Å². The van der Waals surface area contributed by atoms with Crippen LogP contribution in [0.4, 0.5) is 4.79 Å². The molecular formula is C21H21NO5. The Bertz CT molecular complexity index is 791. The fraction of sp³-hybridized carbons (Fsp3) is 0.238. The van der Waals surface area contributed by atoms with Crippen LogP contribution >= 0.6 is 0 Å². The largest absolute Gasteiger partial charge is 0.444 e. The van der Waals surface area contributed by atoms with Crippen molar-refractivity contribution < 1.29 is 24.2 Å². The Morgan fingerprint density at radius 1 is 0.963 bits per heavy atom. The SMILES string of the molecule is O=C1C=CN(C(=O)OCc2ccccc2)[C@H](COCc2ccccc2)[C@H]1O. The maximum atomic E-state index is 12.4. The average molecular weight is 367 g/mol. The molecule has 0 bridgehead atoms. The molecule has 1 heterocycles. The summed E-state index contributed by atoms with van der Waals surface area (Å²) in [7, 11) is 0. The molecule has 1 aliphatic rings. The van der Waals surface area contributed by atoms with E-state index in [0.29, 0.717) is 6.61 Å². The molecule has 3 rings (SSSR count). The van der Waals surface area contributed by atoms with Gasteiger partial charge in [-0.05, 0) is 11.1 Å². The normalized spacial score (nSPS) is 19.1. The number of amides is 1. The van der Waals surface area contributed by atoms with Crippen molar-refractivity contribution in [1.29, 1.82) is 0 Å². The Hall–Kier alpha value is -2.96. The highest BCUT2D eigenvalue weighted by Crippen LogP contribution is 2.17. The van der Waals surface area contributed by atoms with Crippen LogP contribution in [0.2, 0.25) is 0 Å². The van der Waals surface area contributed by atoms with Crippen molar-refractivity contribution in [1.82, 2.24) is 4.90 Å². The third-order valence-corrected chi connectivity index (χ3v) is 4.23. The third kappa shape index (κ3) is 5.03. The minimum atomic E-state index is -1.35. The van der Waals surface area contributed by atoms with Gasteiger partial charge in [0.25, 0.3) is 0 Å². The van der Waals surface area contributed by atoms with Gasteiger partial charge in [0.2, 0.25) is 0 Å². The first kappa shape index (κ1) is 18.8. The number of carbonyl (C=O) groups excluding carboxylic acids is 2. The highest BCUT2D eigenvalue weighted by molar-refractivity contribution is 5.96. The van der Waals surface area contributed by atoms with Gasteiger partial charge in [-0.25, -0.2) is 4.79 Å². The summed E-state index contributed by atoms with van der Waals surface area (Å²) in [6.45, 7) is 0.424. The van der Waals surface area contributed by atoms with Crippen LogP contribution in [-0.4, -0.2) is 40.6 Å². The molecule has 2 aromatic rings. The quantitative estimate of drug-likeness (QED) is 0.850. The van der Waals surface area contributed by atoms with Gasteiger partial charge in [0.1, 0.15) is 12.7 Å². The Kier molecular flexibility index (Phi) is 6.35. The van der Waals surface area contributed by atoms with E-state index in [1.165, 1.54) is 17.2 Å². The van der Waals surface area contributed by atoms with Crippen molar-refractivity contribution in [2.24, 2.45) is 0 Å². The summed E-state index contributed by atoms with van der Waals surface area (Å²) in [6.07, 6.45) is 0.506. The summed E-state index contributed by atoms with van der Waals surface area (Å²) in [6, 6.07) is 18.0. The highest BCUT2D eigenvalue weighted by Gasteiger charge is 2.36. The number of ketones is 1. The zero-order valence-electron chi connectivity index (χ0n) is 14.7. The molecule has 0 radical (unpaired) electrons. The first-order valence-corrected chi connectivity index (χ1v) is 8.66. The van der Waals surface area contributed by atoms with Gasteiger partial charge in [-0.3, -0.25) is 9.69 Å². The molecule has 0 aromatic heterocycles. The first-order chi connectivity index (χ1) is 13.1. The molecule has 6 heteroatoms. The second kappa shape index (κ2) is 9.12. The van der Waals surface area contributed by atoms with Crippen molar-refractivity contribution in [3.8, 4) is 0 Å². The summed E-state index contributed by atoms with van der Waals surface area (Å²) in [5.41, 5.74) is 1.81. The van der Waals surface area contributed by atoms with Crippen molar-refractivity contribution in [3.05, 3.63) is 84.1 Å². The van der Waals surface area contributed by atoms with Crippen LogP contribution in [0, 0.1) is 0 Å². The zero-order valence-corrected chi connectivity index (χ0v) is 14.7. The Morgan fingerprint density at radius 2 is 1.56 bits per heavy atom. The minimum absolute atomic E-state index is 0.00653. The van der Waals surface area contributed by atoms with E-state index in [2.05, 4.69) is 0 Å². The van der Waals surface area contributed by atoms with E-state index >= 15 is 0 Å². The maximum Gasteiger partial charge on any atom is 0.414 e. The molecule has 0 saturated carbocycles. The smallest absolute Gasteiger partial charge is 0.414 e. The fourth-order valence-electron chi connectivity index (χ4n) is 2.74. The standard InChI is InChI=1S/C21H21NO5/c23-19-11-12-22(21(25)27-14-17-9-5-2-6-10-17)18(20(19)24)15-26-13-16-7-3-1-4-8-16/h1-12,18,20,24H,13-15H2/t18-,20-/m1/s1. The van der Waals surface area contributed by atoms with Crippen molar-refractivity contribution in [2.45, 2.75) is 25.4 Å². The van der Waals surface area contributed by atoms with Gasteiger partial charge in [0.05, 0.1) is 19.3 Å². The van der Waals surface area contributed by atoms with Gasteiger partial charge in [-0.15, -0.1) is 0 Å². The lowest BCUT2D eigenvalue weighted by Crippen LogP contribution is -2.52. The van der Waals surface area contributed by atoms with Crippen LogP contribution in [0.5, 0.6) is 0 Å². The molecule has 0 saturated heterocycles. The molecule has 0 spiro atoms. The summed E-state index contributed by atoms with van der Waals surface area (Å²) in [4.78, 5) is 25.5. The zero-order chi connectivity index (χ0) is 19.1. The topological polar surface area (TPSA) is 76.1 Å². The van der Waals surface area contributed by atoms with Crippen LogP contribution in [-0.2, 0) is 27.5 Å². The lowest BCUT2D eigenvalue weighted by atomic mass is 10.0. The third-order valence-electron chi connectivity index (χ3n) is 4.23. The molecule has 2 atom stereocenters. The van der Waals surface area contributed by atoms with Crippen LogP contribution in [0.15, 0.2) is 72.9 Å². The van der Waals surface area contributed by atoms with E-state index in [0.717, 1.165) is 11.1 Å². The lowest BCUT2D eigenvalue weighted by molar-refractivity contribution is -0.128. The number of rotatable bonds is 6. The molecule has 0 unspecified atom stereocenters. The summed E-state index contributed by atoms with van der Waals surface area (Å²) in [5, 5.41) is 10.2. The number of ether oxygens (including phenoxy) is 2. The van der Waals surface area contributed by atoms with Gasteiger partial charge >= 0.3 is 6.09 Å². The second-order valence-corrected chi connectivity index (χ2v) is 6.18. The summed E-state index contributed by atoms with van der Waals surface area (Å²) >= 11 is 0. The van der Waals surface area contributed by atoms with E-state index in [4.69, 9.17) is 9.47 Å². The molecular weight excluding hydrogens is 346 g/mol. The fourth-order valence-corrected chi connectivity index (χ4v) is 2.74. The summed E-state index contributed by atoms with van der Waals surface area (Å²) < 4.78 is 10.9. The van der Waals surface area contributed by atoms with Gasteiger partial charge in [0.15, 0.2) is 5.78 Å². The Labute approximate surface area is 157 Å². The molecule has 1 aliphatic heterocycles. The molecule has 6 nitrogen and oxygen atoms in total. The predicted octanol–water partition coefficient (Wildman–Crippen LogP) is 2.67. The Morgan fingerprint density at radius 3 is 2.19 bits per heavy atom. The van der Waals surface area contributed by atoms with E-state index < -0.39 is 24.0 Å². The van der Waals surface area contributed by atoms with Crippen LogP contribution < -0.4 is 0 Å². The number of carbonyl (C=O) groups is 2. The highest BCUT2D eigenvalue weighted by atomic mass is 16.6. The molecule has 1 amide bonds. The van der Waals surface area contributed by atoms with Crippen molar-refractivity contribution in [2.75, 3.05) is 6.61 Å². The Balaban J connectivity index is 1.61. The van der Waals surface area contributed by atoms with Gasteiger partial charge in [-0.1, -0.05) is 60.7 Å². The van der Waals surface area contributed by atoms with Crippen LogP contribution in [0.25, 0.3) is 0 Å². The van der Waals surface area contributed by atoms with Crippen LogP contribution in [0.3, 0.4) is 0 Å². The number of benzene rings is 2. The van der Waals surface area contributed by atoms with E-state index in [1.807, 2.05) is 60.7 Å². The summed E-state index contributed by atoms with van der Waals surface area (Å²) in [5.74, 6) is -0.463. The number of hydrogen-bond acceptors (Lipinski definition) is 5. The van der Waals surface area contributed by atoms with Gasteiger partial charge in [-0.2, -0.15) is 0 Å². The molecule has 2 aromatic carbocycles. The van der Waals surface area contributed by atoms with E-state index in [9.17, 15) is 14.7 Å². The number of aliphatic hydroxyl groups is 1. The van der Waals surface area contributed by atoms with Crippen LogP contribution in [0.1, 0.15) is 11.1 Å². The number of hydrogen-bond donors (Lipinski definition) is 1. The number of aliphatic hydroxyl groups excluding tert-OH is 1.